The third kappa shape index (κ3) is 1.40. The van der Waals surface area contributed by atoms with Gasteiger partial charge in [0.15, 0.2) is 0 Å². The molecular formula is C14H10O3. The van der Waals surface area contributed by atoms with E-state index in [1.807, 2.05) is 19.1 Å². The molecule has 0 spiro atoms. The predicted octanol–water partition coefficient (Wildman–Crippen LogP) is 2.96. The highest BCUT2D eigenvalue weighted by molar-refractivity contribution is 6.07. The molecule has 0 atom stereocenters. The molecule has 0 aliphatic rings. The van der Waals surface area contributed by atoms with E-state index in [2.05, 4.69) is 0 Å². The van der Waals surface area contributed by atoms with Crippen molar-refractivity contribution in [3.8, 4) is 5.75 Å². The number of rotatable bonds is 0. The second kappa shape index (κ2) is 3.35. The molecule has 0 fully saturated rings. The van der Waals surface area contributed by atoms with Gasteiger partial charge in [0.2, 0.25) is 0 Å². The van der Waals surface area contributed by atoms with Crippen molar-refractivity contribution in [2.24, 2.45) is 0 Å². The highest BCUT2D eigenvalue weighted by Gasteiger charge is 2.10. The highest BCUT2D eigenvalue weighted by atomic mass is 16.4. The Kier molecular flexibility index (Phi) is 1.95. The Balaban J connectivity index is 2.70. The minimum Gasteiger partial charge on any atom is -0.507 e. The van der Waals surface area contributed by atoms with Crippen molar-refractivity contribution >= 4 is 21.7 Å². The Bertz CT molecular complexity index is 784. The van der Waals surface area contributed by atoms with E-state index < -0.39 is 0 Å². The summed E-state index contributed by atoms with van der Waals surface area (Å²) >= 11 is 0. The first-order valence-corrected chi connectivity index (χ1v) is 5.32. The number of benzene rings is 2. The molecule has 0 bridgehead atoms. The Morgan fingerprint density at radius 1 is 1.12 bits per heavy atom. The maximum Gasteiger partial charge on any atom is 0.344 e. The van der Waals surface area contributed by atoms with E-state index in [1.54, 1.807) is 24.3 Å². The number of hydrogen-bond acceptors (Lipinski definition) is 3. The Morgan fingerprint density at radius 2 is 1.94 bits per heavy atom. The average Bonchev–Trinajstić information content (AvgIpc) is 2.28. The van der Waals surface area contributed by atoms with Crippen LogP contribution in [0.25, 0.3) is 21.7 Å². The summed E-state index contributed by atoms with van der Waals surface area (Å²) in [4.78, 5) is 11.8. The first-order valence-electron chi connectivity index (χ1n) is 5.32. The molecular weight excluding hydrogens is 216 g/mol. The lowest BCUT2D eigenvalue weighted by molar-refractivity contribution is 0.480. The van der Waals surface area contributed by atoms with Crippen molar-refractivity contribution in [3.05, 3.63) is 52.4 Å². The normalized spacial score (nSPS) is 11.1. The molecule has 0 amide bonds. The molecule has 1 heterocycles. The lowest BCUT2D eigenvalue weighted by atomic mass is 10.0. The van der Waals surface area contributed by atoms with Gasteiger partial charge in [-0.25, -0.2) is 4.79 Å². The third-order valence-electron chi connectivity index (χ3n) is 2.87. The van der Waals surface area contributed by atoms with Crippen molar-refractivity contribution in [1.29, 1.82) is 0 Å². The van der Waals surface area contributed by atoms with Gasteiger partial charge >= 0.3 is 5.63 Å². The van der Waals surface area contributed by atoms with Crippen LogP contribution in [0.1, 0.15) is 5.56 Å². The number of fused-ring (bicyclic) bond motifs is 3. The molecule has 0 saturated heterocycles. The van der Waals surface area contributed by atoms with Gasteiger partial charge in [-0.3, -0.25) is 0 Å². The molecule has 3 aromatic rings. The van der Waals surface area contributed by atoms with Gasteiger partial charge < -0.3 is 9.52 Å². The van der Waals surface area contributed by atoms with Crippen molar-refractivity contribution in [1.82, 2.24) is 0 Å². The maximum atomic E-state index is 11.8. The molecule has 17 heavy (non-hydrogen) atoms. The van der Waals surface area contributed by atoms with Gasteiger partial charge in [0, 0.05) is 5.39 Å². The zero-order chi connectivity index (χ0) is 12.0. The van der Waals surface area contributed by atoms with E-state index in [1.165, 1.54) is 0 Å². The quantitative estimate of drug-likeness (QED) is 0.473. The van der Waals surface area contributed by atoms with Crippen LogP contribution in [0.15, 0.2) is 45.6 Å². The summed E-state index contributed by atoms with van der Waals surface area (Å²) in [5, 5.41) is 11.7. The van der Waals surface area contributed by atoms with E-state index in [0.29, 0.717) is 16.4 Å². The number of aryl methyl sites for hydroxylation is 1. The van der Waals surface area contributed by atoms with Crippen LogP contribution in [0, 0.1) is 6.92 Å². The van der Waals surface area contributed by atoms with Crippen molar-refractivity contribution in [2.75, 3.05) is 0 Å². The van der Waals surface area contributed by atoms with Gasteiger partial charge in [0.05, 0.1) is 10.8 Å². The van der Waals surface area contributed by atoms with Gasteiger partial charge in [0.1, 0.15) is 11.3 Å². The zero-order valence-electron chi connectivity index (χ0n) is 9.23. The molecule has 3 nitrogen and oxygen atoms in total. The summed E-state index contributed by atoms with van der Waals surface area (Å²) < 4.78 is 5.18. The third-order valence-corrected chi connectivity index (χ3v) is 2.87. The number of phenolic OH excluding ortho intramolecular Hbond substituents is 1. The first kappa shape index (κ1) is 9.90. The average molecular weight is 226 g/mol. The van der Waals surface area contributed by atoms with Crippen LogP contribution < -0.4 is 5.63 Å². The molecule has 2 aromatic carbocycles. The summed E-state index contributed by atoms with van der Waals surface area (Å²) in [5.41, 5.74) is 1.07. The lowest BCUT2D eigenvalue weighted by Crippen LogP contribution is -1.99. The molecule has 1 aromatic heterocycles. The lowest BCUT2D eigenvalue weighted by Gasteiger charge is -2.04. The van der Waals surface area contributed by atoms with Gasteiger partial charge in [-0.1, -0.05) is 23.8 Å². The van der Waals surface area contributed by atoms with Crippen LogP contribution in [-0.2, 0) is 0 Å². The highest BCUT2D eigenvalue weighted by Crippen LogP contribution is 2.30. The molecule has 0 radical (unpaired) electrons. The van der Waals surface area contributed by atoms with Gasteiger partial charge in [-0.2, -0.15) is 0 Å². The molecule has 0 aliphatic carbocycles. The molecule has 0 aliphatic heterocycles. The summed E-state index contributed by atoms with van der Waals surface area (Å²) in [6.07, 6.45) is 0. The van der Waals surface area contributed by atoms with Crippen LogP contribution >= 0.6 is 0 Å². The zero-order valence-corrected chi connectivity index (χ0v) is 9.23. The molecule has 1 N–H and O–H groups in total. The second-order valence-electron chi connectivity index (χ2n) is 4.09. The van der Waals surface area contributed by atoms with Crippen LogP contribution in [0.5, 0.6) is 5.75 Å². The molecule has 0 saturated carbocycles. The molecule has 3 rings (SSSR count). The molecule has 0 unspecified atom stereocenters. The van der Waals surface area contributed by atoms with E-state index >= 15 is 0 Å². The van der Waals surface area contributed by atoms with Gasteiger partial charge in [0.25, 0.3) is 0 Å². The topological polar surface area (TPSA) is 50.4 Å². The number of phenols is 1. The fraction of sp³-hybridized carbons (Fsp3) is 0.0714. The summed E-state index contributed by atoms with van der Waals surface area (Å²) in [6, 6.07) is 10.4. The Hall–Kier alpha value is -2.29. The van der Waals surface area contributed by atoms with E-state index in [0.717, 1.165) is 10.9 Å². The fourth-order valence-corrected chi connectivity index (χ4v) is 2.07. The summed E-state index contributed by atoms with van der Waals surface area (Å²) in [7, 11) is 0. The van der Waals surface area contributed by atoms with Crippen LogP contribution in [0.3, 0.4) is 0 Å². The largest absolute Gasteiger partial charge is 0.507 e. The first-order chi connectivity index (χ1) is 8.16. The van der Waals surface area contributed by atoms with Gasteiger partial charge in [-0.05, 0) is 25.1 Å². The smallest absolute Gasteiger partial charge is 0.344 e. The second-order valence-corrected chi connectivity index (χ2v) is 4.09. The number of hydrogen-bond donors (Lipinski definition) is 1. The summed E-state index contributed by atoms with van der Waals surface area (Å²) in [5.74, 6) is 0.127. The van der Waals surface area contributed by atoms with E-state index in [-0.39, 0.29) is 11.4 Å². The SMILES string of the molecule is Cc1ccc2c(=O)oc3cccc(O)c3c2c1. The van der Waals surface area contributed by atoms with Crippen LogP contribution in [0.4, 0.5) is 0 Å². The Labute approximate surface area is 96.9 Å². The van der Waals surface area contributed by atoms with Gasteiger partial charge in [-0.15, -0.1) is 0 Å². The van der Waals surface area contributed by atoms with Crippen LogP contribution in [0.2, 0.25) is 0 Å². The predicted molar refractivity (Wildman–Crippen MR) is 66.4 cm³/mol. The Morgan fingerprint density at radius 3 is 2.76 bits per heavy atom. The van der Waals surface area contributed by atoms with Crippen molar-refractivity contribution in [3.63, 3.8) is 0 Å². The number of aromatic hydroxyl groups is 1. The van der Waals surface area contributed by atoms with E-state index in [9.17, 15) is 9.90 Å². The minimum atomic E-state index is -0.377. The van der Waals surface area contributed by atoms with Crippen molar-refractivity contribution in [2.45, 2.75) is 6.92 Å². The van der Waals surface area contributed by atoms with Crippen LogP contribution in [-0.4, -0.2) is 5.11 Å². The molecule has 3 heteroatoms. The molecule has 84 valence electrons. The van der Waals surface area contributed by atoms with Crippen molar-refractivity contribution < 1.29 is 9.52 Å². The monoisotopic (exact) mass is 226 g/mol. The fourth-order valence-electron chi connectivity index (χ4n) is 2.07. The standard InChI is InChI=1S/C14H10O3/c1-8-5-6-9-10(7-8)13-11(15)3-2-4-12(13)17-14(9)16/h2-7,15H,1H3. The summed E-state index contributed by atoms with van der Waals surface area (Å²) in [6.45, 7) is 1.94. The maximum absolute atomic E-state index is 11.8. The van der Waals surface area contributed by atoms with E-state index in [4.69, 9.17) is 4.42 Å². The minimum absolute atomic E-state index is 0.127.